The largest absolute Gasteiger partial charge is 0.489 e. The SMILES string of the molecule is C=CCOC(=O)C1=C(C)N=C2SC=C(CC(=O)N(C)Cc3ccccc3)N2C1c1cccc(OCc2ccccc2)c1. The van der Waals surface area contributed by atoms with Gasteiger partial charge in [-0.05, 0) is 41.2 Å². The van der Waals surface area contributed by atoms with E-state index in [4.69, 9.17) is 14.5 Å². The van der Waals surface area contributed by atoms with Gasteiger partial charge in [0.1, 0.15) is 19.0 Å². The quantitative estimate of drug-likeness (QED) is 0.188. The Morgan fingerprint density at radius 2 is 1.74 bits per heavy atom. The van der Waals surface area contributed by atoms with Crippen molar-refractivity contribution >= 4 is 28.8 Å². The van der Waals surface area contributed by atoms with Crippen molar-refractivity contribution < 1.29 is 19.1 Å². The molecule has 0 fully saturated rings. The Morgan fingerprint density at radius 1 is 1.02 bits per heavy atom. The van der Waals surface area contributed by atoms with E-state index in [0.717, 1.165) is 22.4 Å². The maximum atomic E-state index is 13.4. The number of thioether (sulfide) groups is 1. The van der Waals surface area contributed by atoms with Gasteiger partial charge in [0.25, 0.3) is 0 Å². The Balaban J connectivity index is 1.43. The highest BCUT2D eigenvalue weighted by atomic mass is 32.2. The van der Waals surface area contributed by atoms with Crippen LogP contribution in [0.1, 0.15) is 36.1 Å². The van der Waals surface area contributed by atoms with Crippen molar-refractivity contribution in [3.8, 4) is 5.75 Å². The average Bonchev–Trinajstić information content (AvgIpc) is 3.40. The van der Waals surface area contributed by atoms with Crippen molar-refractivity contribution in [2.75, 3.05) is 13.7 Å². The molecule has 0 spiro atoms. The molecule has 42 heavy (non-hydrogen) atoms. The fourth-order valence-corrected chi connectivity index (χ4v) is 5.87. The lowest BCUT2D eigenvalue weighted by molar-refractivity contribution is -0.138. The number of carbonyl (C=O) groups is 2. The maximum absolute atomic E-state index is 13.4. The predicted octanol–water partition coefficient (Wildman–Crippen LogP) is 6.62. The second kappa shape index (κ2) is 13.4. The minimum absolute atomic E-state index is 0.0345. The second-order valence-corrected chi connectivity index (χ2v) is 10.9. The number of allylic oxidation sites excluding steroid dienone is 1. The Labute approximate surface area is 250 Å². The molecule has 0 saturated carbocycles. The molecule has 0 aromatic heterocycles. The van der Waals surface area contributed by atoms with Crippen LogP contribution in [0.2, 0.25) is 0 Å². The number of hydrogen-bond donors (Lipinski definition) is 0. The molecule has 0 N–H and O–H groups in total. The third-order valence-electron chi connectivity index (χ3n) is 7.00. The van der Waals surface area contributed by atoms with Crippen LogP contribution < -0.4 is 4.74 Å². The third-order valence-corrected chi connectivity index (χ3v) is 7.88. The molecule has 0 radical (unpaired) electrons. The fraction of sp³-hybridized carbons (Fsp3) is 0.206. The summed E-state index contributed by atoms with van der Waals surface area (Å²) in [7, 11) is 1.80. The van der Waals surface area contributed by atoms with Crippen molar-refractivity contribution in [3.63, 3.8) is 0 Å². The van der Waals surface area contributed by atoms with Gasteiger partial charge in [0.2, 0.25) is 5.91 Å². The van der Waals surface area contributed by atoms with Crippen LogP contribution >= 0.6 is 11.8 Å². The molecule has 2 aliphatic heterocycles. The van der Waals surface area contributed by atoms with Gasteiger partial charge in [-0.2, -0.15) is 0 Å². The van der Waals surface area contributed by atoms with Gasteiger partial charge >= 0.3 is 5.97 Å². The second-order valence-electron chi connectivity index (χ2n) is 10.0. The summed E-state index contributed by atoms with van der Waals surface area (Å²) in [5, 5.41) is 2.66. The minimum Gasteiger partial charge on any atom is -0.489 e. The van der Waals surface area contributed by atoms with E-state index in [1.165, 1.54) is 17.8 Å². The summed E-state index contributed by atoms with van der Waals surface area (Å²) in [5.41, 5.74) is 4.70. The molecule has 0 aliphatic carbocycles. The molecule has 0 saturated heterocycles. The summed E-state index contributed by atoms with van der Waals surface area (Å²) in [5.74, 6) is 0.167. The maximum Gasteiger partial charge on any atom is 0.338 e. The molecular formula is C34H33N3O4S. The normalized spacial score (nSPS) is 15.9. The number of hydrogen-bond acceptors (Lipinski definition) is 7. The van der Waals surface area contributed by atoms with E-state index in [9.17, 15) is 9.59 Å². The van der Waals surface area contributed by atoms with Crippen molar-refractivity contribution in [1.82, 2.24) is 9.80 Å². The topological polar surface area (TPSA) is 71.4 Å². The van der Waals surface area contributed by atoms with Crippen molar-refractivity contribution in [3.05, 3.63) is 137 Å². The number of carbonyl (C=O) groups excluding carboxylic acids is 2. The minimum atomic E-state index is -0.552. The molecular weight excluding hydrogens is 546 g/mol. The van der Waals surface area contributed by atoms with Gasteiger partial charge in [0.15, 0.2) is 5.17 Å². The highest BCUT2D eigenvalue weighted by Gasteiger charge is 2.41. The number of benzene rings is 3. The first kappa shape index (κ1) is 29.0. The molecule has 0 bridgehead atoms. The van der Waals surface area contributed by atoms with E-state index in [0.29, 0.717) is 35.3 Å². The molecule has 1 amide bonds. The van der Waals surface area contributed by atoms with Crippen LogP contribution in [-0.2, 0) is 27.5 Å². The zero-order chi connectivity index (χ0) is 29.5. The predicted molar refractivity (Wildman–Crippen MR) is 166 cm³/mol. The number of esters is 1. The molecule has 8 heteroatoms. The molecule has 214 valence electrons. The number of nitrogens with zero attached hydrogens (tertiary/aromatic N) is 3. The summed E-state index contributed by atoms with van der Waals surface area (Å²) >= 11 is 1.45. The first-order valence-corrected chi connectivity index (χ1v) is 14.6. The summed E-state index contributed by atoms with van der Waals surface area (Å²) in [6.45, 7) is 6.49. The number of rotatable bonds is 11. The molecule has 3 aromatic carbocycles. The number of fused-ring (bicyclic) bond motifs is 1. The first-order valence-electron chi connectivity index (χ1n) is 13.7. The van der Waals surface area contributed by atoms with Crippen molar-refractivity contribution in [2.24, 2.45) is 4.99 Å². The Kier molecular flexibility index (Phi) is 9.24. The standard InChI is InChI=1S/C34H33N3O4S/c1-4-18-40-33(39)31-24(2)35-34-37(28(23-42-34)20-30(38)36(3)21-25-12-7-5-8-13-25)32(31)27-16-11-17-29(19-27)41-22-26-14-9-6-10-15-26/h4-17,19,23,32H,1,18,20-22H2,2-3H3. The fourth-order valence-electron chi connectivity index (χ4n) is 4.91. The lowest BCUT2D eigenvalue weighted by atomic mass is 9.93. The number of aliphatic imine (C=N–C) groups is 1. The molecule has 3 aromatic rings. The molecule has 5 rings (SSSR count). The van der Waals surface area contributed by atoms with Gasteiger partial charge in [-0.25, -0.2) is 9.79 Å². The van der Waals surface area contributed by atoms with Gasteiger partial charge in [-0.15, -0.1) is 0 Å². The van der Waals surface area contributed by atoms with E-state index in [1.807, 2.05) is 102 Å². The first-order chi connectivity index (χ1) is 20.4. The van der Waals surface area contributed by atoms with Gasteiger partial charge in [0.05, 0.1) is 23.7 Å². The van der Waals surface area contributed by atoms with Crippen LogP contribution in [0.15, 0.2) is 125 Å². The van der Waals surface area contributed by atoms with Crippen LogP contribution in [0.5, 0.6) is 5.75 Å². The highest BCUT2D eigenvalue weighted by molar-refractivity contribution is 8.16. The lowest BCUT2D eigenvalue weighted by Crippen LogP contribution is -2.38. The summed E-state index contributed by atoms with van der Waals surface area (Å²) in [6.07, 6.45) is 1.70. The van der Waals surface area contributed by atoms with Gasteiger partial charge in [-0.1, -0.05) is 97.2 Å². The van der Waals surface area contributed by atoms with Crippen LogP contribution in [0, 0.1) is 0 Å². The van der Waals surface area contributed by atoms with E-state index in [2.05, 4.69) is 6.58 Å². The van der Waals surface area contributed by atoms with Crippen LogP contribution in [0.4, 0.5) is 0 Å². The van der Waals surface area contributed by atoms with Gasteiger partial charge in [0, 0.05) is 19.3 Å². The van der Waals surface area contributed by atoms with Gasteiger partial charge in [-0.3, -0.25) is 4.79 Å². The van der Waals surface area contributed by atoms with Crippen LogP contribution in [0.3, 0.4) is 0 Å². The van der Waals surface area contributed by atoms with Gasteiger partial charge < -0.3 is 19.3 Å². The Morgan fingerprint density at radius 3 is 2.45 bits per heavy atom. The Bertz CT molecular complexity index is 1550. The number of amides is 1. The molecule has 1 unspecified atom stereocenters. The summed E-state index contributed by atoms with van der Waals surface area (Å²) in [6, 6.07) is 27.0. The Hall–Kier alpha value is -4.56. The number of amidine groups is 1. The smallest absolute Gasteiger partial charge is 0.338 e. The molecule has 1 atom stereocenters. The van der Waals surface area contributed by atoms with Crippen molar-refractivity contribution in [2.45, 2.75) is 32.5 Å². The molecule has 7 nitrogen and oxygen atoms in total. The highest BCUT2D eigenvalue weighted by Crippen LogP contribution is 2.45. The van der Waals surface area contributed by atoms with Crippen molar-refractivity contribution in [1.29, 1.82) is 0 Å². The molecule has 2 aliphatic rings. The van der Waals surface area contributed by atoms with E-state index in [-0.39, 0.29) is 18.9 Å². The number of ether oxygens (including phenoxy) is 2. The zero-order valence-electron chi connectivity index (χ0n) is 23.7. The van der Waals surface area contributed by atoms with E-state index in [1.54, 1.807) is 11.9 Å². The lowest BCUT2D eigenvalue weighted by Gasteiger charge is -2.36. The van der Waals surface area contributed by atoms with E-state index < -0.39 is 12.0 Å². The summed E-state index contributed by atoms with van der Waals surface area (Å²) < 4.78 is 11.6. The molecule has 2 heterocycles. The van der Waals surface area contributed by atoms with E-state index >= 15 is 0 Å². The van der Waals surface area contributed by atoms with Crippen LogP contribution in [0.25, 0.3) is 0 Å². The summed E-state index contributed by atoms with van der Waals surface area (Å²) in [4.78, 5) is 35.3. The van der Waals surface area contributed by atoms with Crippen LogP contribution in [-0.4, -0.2) is 40.5 Å². The third kappa shape index (κ3) is 6.66. The zero-order valence-corrected chi connectivity index (χ0v) is 24.5. The average molecular weight is 580 g/mol. The monoisotopic (exact) mass is 579 g/mol.